The van der Waals surface area contributed by atoms with Gasteiger partial charge in [0.05, 0.1) is 0 Å². The average Bonchev–Trinajstić information content (AvgIpc) is 3.05. The zero-order chi connectivity index (χ0) is 23.1. The summed E-state index contributed by atoms with van der Waals surface area (Å²) in [5.74, 6) is 1.19. The molecule has 1 N–H and O–H groups in total. The van der Waals surface area contributed by atoms with Crippen molar-refractivity contribution in [2.45, 2.75) is 84.7 Å². The molecule has 0 aromatic carbocycles. The van der Waals surface area contributed by atoms with Gasteiger partial charge in [-0.05, 0) is 75.0 Å². The Morgan fingerprint density at radius 3 is 2.66 bits per heavy atom. The van der Waals surface area contributed by atoms with Crippen LogP contribution in [0.25, 0.3) is 0 Å². The lowest BCUT2D eigenvalue weighted by atomic mass is 9.47. The Hall–Kier alpha value is -1.91. The monoisotopic (exact) mass is 441 g/mol. The number of alkyl carbamates (subject to hydrolysis) is 1. The van der Waals surface area contributed by atoms with Crippen LogP contribution in [0, 0.1) is 34.5 Å². The number of nitrogens with one attached hydrogen (secondary N) is 1. The lowest BCUT2D eigenvalue weighted by Gasteiger charge is -2.58. The molecular formula is C27H39NO4. The van der Waals surface area contributed by atoms with Gasteiger partial charge in [-0.15, -0.1) is 0 Å². The Bertz CT molecular complexity index is 845. The van der Waals surface area contributed by atoms with Crippen LogP contribution in [-0.4, -0.2) is 30.3 Å². The summed E-state index contributed by atoms with van der Waals surface area (Å²) in [6, 6.07) is 0. The summed E-state index contributed by atoms with van der Waals surface area (Å²) in [7, 11) is 0. The molecule has 32 heavy (non-hydrogen) atoms. The summed E-state index contributed by atoms with van der Waals surface area (Å²) in [6.07, 6.45) is 14.1. The highest BCUT2D eigenvalue weighted by Gasteiger charge is 2.68. The van der Waals surface area contributed by atoms with Crippen LogP contribution in [0.4, 0.5) is 4.79 Å². The Labute approximate surface area is 192 Å². The molecule has 0 aromatic rings. The molecule has 0 unspecified atom stereocenters. The lowest BCUT2D eigenvalue weighted by Crippen LogP contribution is -2.60. The van der Waals surface area contributed by atoms with Crippen LogP contribution in [0.5, 0.6) is 0 Å². The number of hydrogen-bond donors (Lipinski definition) is 1. The van der Waals surface area contributed by atoms with Crippen molar-refractivity contribution in [1.82, 2.24) is 5.32 Å². The van der Waals surface area contributed by atoms with E-state index in [4.69, 9.17) is 4.74 Å². The Morgan fingerprint density at radius 2 is 1.94 bits per heavy atom. The predicted octanol–water partition coefficient (Wildman–Crippen LogP) is 5.39. The summed E-state index contributed by atoms with van der Waals surface area (Å²) in [6.45, 7) is 9.18. The molecule has 0 radical (unpaired) electrons. The van der Waals surface area contributed by atoms with Gasteiger partial charge in [0.25, 0.3) is 0 Å². The molecule has 0 aliphatic heterocycles. The zero-order valence-electron chi connectivity index (χ0n) is 20.1. The van der Waals surface area contributed by atoms with Crippen LogP contribution in [0.3, 0.4) is 0 Å². The zero-order valence-corrected chi connectivity index (χ0v) is 20.1. The van der Waals surface area contributed by atoms with Crippen LogP contribution in [0.2, 0.25) is 0 Å². The first kappa shape index (κ1) is 23.3. The van der Waals surface area contributed by atoms with Gasteiger partial charge in [0.1, 0.15) is 0 Å². The molecule has 0 aromatic heterocycles. The highest BCUT2D eigenvalue weighted by atomic mass is 16.6. The molecule has 0 heterocycles. The van der Waals surface area contributed by atoms with Crippen molar-refractivity contribution in [1.29, 1.82) is 0 Å². The quantitative estimate of drug-likeness (QED) is 0.340. The minimum atomic E-state index is -1.34. The Balaban J connectivity index is 1.60. The van der Waals surface area contributed by atoms with Crippen LogP contribution in [0.1, 0.15) is 79.1 Å². The molecule has 3 fully saturated rings. The van der Waals surface area contributed by atoms with E-state index >= 15 is 0 Å². The van der Waals surface area contributed by atoms with Gasteiger partial charge >= 0.3 is 6.09 Å². The van der Waals surface area contributed by atoms with E-state index in [9.17, 15) is 14.4 Å². The molecule has 1 amide bonds. The number of aldehydes is 1. The molecule has 4 rings (SSSR count). The first-order chi connectivity index (χ1) is 15.2. The predicted molar refractivity (Wildman–Crippen MR) is 124 cm³/mol. The van der Waals surface area contributed by atoms with Gasteiger partial charge in [0.2, 0.25) is 5.78 Å². The van der Waals surface area contributed by atoms with Crippen molar-refractivity contribution >= 4 is 18.2 Å². The Kier molecular flexibility index (Phi) is 6.15. The van der Waals surface area contributed by atoms with E-state index in [2.05, 4.69) is 51.2 Å². The van der Waals surface area contributed by atoms with E-state index in [1.54, 1.807) is 5.57 Å². The molecule has 0 bridgehead atoms. The molecule has 176 valence electrons. The van der Waals surface area contributed by atoms with Crippen LogP contribution in [0.15, 0.2) is 23.8 Å². The first-order valence-corrected chi connectivity index (χ1v) is 12.5. The van der Waals surface area contributed by atoms with E-state index in [-0.39, 0.29) is 11.3 Å². The summed E-state index contributed by atoms with van der Waals surface area (Å²) in [5.41, 5.74) is -0.181. The number of rotatable bonds is 6. The van der Waals surface area contributed by atoms with Crippen LogP contribution in [-0.2, 0) is 14.3 Å². The van der Waals surface area contributed by atoms with Gasteiger partial charge in [0, 0.05) is 17.4 Å². The molecule has 5 heteroatoms. The van der Waals surface area contributed by atoms with Crippen LogP contribution >= 0.6 is 0 Å². The number of ether oxygens (including phenoxy) is 1. The third kappa shape index (κ3) is 3.47. The summed E-state index contributed by atoms with van der Waals surface area (Å²) < 4.78 is 5.96. The maximum Gasteiger partial charge on any atom is 0.408 e. The van der Waals surface area contributed by atoms with Gasteiger partial charge < -0.3 is 10.1 Å². The number of amides is 1. The summed E-state index contributed by atoms with van der Waals surface area (Å²) in [5, 5.41) is 2.81. The van der Waals surface area contributed by atoms with Crippen molar-refractivity contribution in [3.8, 4) is 0 Å². The fourth-order valence-electron chi connectivity index (χ4n) is 7.71. The normalized spacial score (nSPS) is 40.0. The summed E-state index contributed by atoms with van der Waals surface area (Å²) >= 11 is 0. The van der Waals surface area contributed by atoms with Crippen molar-refractivity contribution in [3.05, 3.63) is 23.8 Å². The number of fused-ring (bicyclic) bond motifs is 5. The average molecular weight is 442 g/mol. The fraction of sp³-hybridized carbons (Fsp3) is 0.741. The maximum absolute atomic E-state index is 13.1. The van der Waals surface area contributed by atoms with Crippen molar-refractivity contribution in [2.75, 3.05) is 6.54 Å². The first-order valence-electron chi connectivity index (χ1n) is 12.5. The minimum absolute atomic E-state index is 0.0947. The maximum atomic E-state index is 13.1. The second-order valence-corrected chi connectivity index (χ2v) is 11.4. The third-order valence-corrected chi connectivity index (χ3v) is 9.49. The van der Waals surface area contributed by atoms with Crippen molar-refractivity contribution < 1.29 is 19.1 Å². The van der Waals surface area contributed by atoms with Gasteiger partial charge in [-0.25, -0.2) is 4.79 Å². The molecule has 0 saturated heterocycles. The number of carbonyl (C=O) groups is 3. The van der Waals surface area contributed by atoms with E-state index in [0.717, 1.165) is 44.9 Å². The Morgan fingerprint density at radius 1 is 1.19 bits per heavy atom. The van der Waals surface area contributed by atoms with E-state index in [0.29, 0.717) is 37.0 Å². The molecule has 3 saturated carbocycles. The van der Waals surface area contributed by atoms with Gasteiger partial charge in [0.15, 0.2) is 11.9 Å². The van der Waals surface area contributed by atoms with Gasteiger partial charge in [-0.3, -0.25) is 9.59 Å². The number of allylic oxidation sites excluding steroid dienone is 4. The number of hydrogen-bond acceptors (Lipinski definition) is 4. The second kappa shape index (κ2) is 8.46. The summed E-state index contributed by atoms with van der Waals surface area (Å²) in [4.78, 5) is 37.5. The molecule has 4 aliphatic carbocycles. The largest absolute Gasteiger partial charge is 0.434 e. The van der Waals surface area contributed by atoms with Gasteiger partial charge in [-0.2, -0.15) is 0 Å². The third-order valence-electron chi connectivity index (χ3n) is 9.49. The molecule has 4 aliphatic rings. The van der Waals surface area contributed by atoms with Crippen LogP contribution < -0.4 is 5.32 Å². The lowest BCUT2D eigenvalue weighted by molar-refractivity contribution is -0.162. The van der Waals surface area contributed by atoms with Gasteiger partial charge in [-0.1, -0.05) is 51.5 Å². The number of ketones is 1. The topological polar surface area (TPSA) is 72.5 Å². The molecular weight excluding hydrogens is 402 g/mol. The molecule has 5 nitrogen and oxygen atoms in total. The highest BCUT2D eigenvalue weighted by molar-refractivity contribution is 6.29. The van der Waals surface area contributed by atoms with Crippen molar-refractivity contribution in [2.24, 2.45) is 34.5 Å². The second-order valence-electron chi connectivity index (χ2n) is 11.4. The van der Waals surface area contributed by atoms with E-state index in [1.165, 1.54) is 0 Å². The van der Waals surface area contributed by atoms with E-state index < -0.39 is 22.9 Å². The molecule has 0 spiro atoms. The fourth-order valence-corrected chi connectivity index (χ4v) is 7.71. The standard InChI is InChI=1S/C27H39NO4/c1-18(2)12-16-28-24(31)32-27(23(30)17-29)15-11-22-20-9-8-19-7-5-6-13-25(19,3)21(20)10-14-26(22,27)4/h6-7,13,17-18,20-22H,5,8-12,14-16H2,1-4H3,(H,28,31)/t20-,21+,22+,25+,26+,27+/m1/s1. The SMILES string of the molecule is CC(C)CCNC(=O)O[C@]1(C(=O)C=O)CC[C@H]2[C@@H]3CCC4=CCC=C[C@]4(C)[C@H]3CC[C@@]21C. The van der Waals surface area contributed by atoms with Crippen molar-refractivity contribution in [3.63, 3.8) is 0 Å². The number of Topliss-reactive ketones (excluding diaryl/α,β-unsaturated/α-hetero) is 1. The number of carbonyl (C=O) groups excluding carboxylic acids is 3. The highest BCUT2D eigenvalue weighted by Crippen LogP contribution is 2.67. The van der Waals surface area contributed by atoms with E-state index in [1.807, 2.05) is 0 Å². The molecule has 6 atom stereocenters. The smallest absolute Gasteiger partial charge is 0.408 e. The minimum Gasteiger partial charge on any atom is -0.434 e.